The molecule has 26 rings (SSSR count). The largest absolute Gasteiger partial charge is 0.309 e. The third-order valence-corrected chi connectivity index (χ3v) is 26.6. The number of fused-ring (bicyclic) bond motifs is 9. The lowest BCUT2D eigenvalue weighted by Crippen LogP contribution is -2.01. The Balaban J connectivity index is 0.000000126. The van der Waals surface area contributed by atoms with Gasteiger partial charge >= 0.3 is 0 Å². The maximum absolute atomic E-state index is 9.45. The van der Waals surface area contributed by atoms with Gasteiger partial charge in [0.1, 0.15) is 0 Å². The van der Waals surface area contributed by atoms with E-state index in [-0.39, 0.29) is 14.9 Å². The molecule has 0 bridgehead atoms. The smallest absolute Gasteiger partial charge is 0.187 e. The van der Waals surface area contributed by atoms with Crippen molar-refractivity contribution in [2.24, 2.45) is 0 Å². The highest BCUT2D eigenvalue weighted by atomic mass is 15.1. The molecule has 0 atom stereocenters. The molecule has 0 aliphatic rings. The molecule has 0 saturated heterocycles. The highest BCUT2D eigenvalue weighted by Gasteiger charge is 2.23. The number of hydrogen-bond acceptors (Lipinski definition) is 10. The number of rotatable bonds is 17. The average molecular weight is 1900 g/mol. The SMILES string of the molecule is C.C.[C-]#[N+]c1cccc(-c2cccc(-c3nc(-c4cccc(-c5cccc(C)c5)c4)nc(-c4cccc(-c5cccc(C#N)c5)c4)n3)c2)c1.c1ccc(-c2nc(-c3ccccc3)nc(-c3cccc(-c4cccc(-n5c6ccccc6c6ccccc65)c4)c3)n2)cc1.c1ccc(-c2nc(-c3ccccc3)nc(-c3cccc(-n4c5ccccc5c5cc(-c6ccc7c(c6)c6ccccc6n7-c6ccccc6)ccc54)c3)n2)cc1. The molecule has 0 unspecified atom stereocenters. The van der Waals surface area contributed by atoms with E-state index in [2.05, 4.69) is 317 Å². The monoisotopic (exact) mass is 1900 g/mol. The van der Waals surface area contributed by atoms with Crippen molar-refractivity contribution in [3.05, 3.63) is 526 Å². The van der Waals surface area contributed by atoms with Crippen LogP contribution in [0.15, 0.2) is 504 Å². The molecule has 0 N–H and O–H groups in total. The summed E-state index contributed by atoms with van der Waals surface area (Å²) in [6, 6.07) is 175. The second kappa shape index (κ2) is 41.2. The van der Waals surface area contributed by atoms with Gasteiger partial charge in [0.15, 0.2) is 58.1 Å². The number of aromatic nitrogens is 12. The highest BCUT2D eigenvalue weighted by molar-refractivity contribution is 6.14. The van der Waals surface area contributed by atoms with Crippen molar-refractivity contribution in [2.75, 3.05) is 0 Å². The summed E-state index contributed by atoms with van der Waals surface area (Å²) < 4.78 is 7.07. The molecular formula is C134H94N14. The van der Waals surface area contributed by atoms with E-state index in [0.29, 0.717) is 63.7 Å². The number of aryl methyl sites for hydroxylation is 1. The fourth-order valence-corrected chi connectivity index (χ4v) is 19.6. The van der Waals surface area contributed by atoms with Crippen LogP contribution in [0.5, 0.6) is 0 Å². The van der Waals surface area contributed by atoms with E-state index in [1.54, 1.807) is 12.1 Å². The molecule has 148 heavy (non-hydrogen) atoms. The Bertz CT molecular complexity index is 9270. The van der Waals surface area contributed by atoms with E-state index in [0.717, 1.165) is 123 Å². The first-order chi connectivity index (χ1) is 72.1. The maximum Gasteiger partial charge on any atom is 0.187 e. The zero-order chi connectivity index (χ0) is 97.8. The van der Waals surface area contributed by atoms with Crippen molar-refractivity contribution in [1.29, 1.82) is 5.26 Å². The van der Waals surface area contributed by atoms with Crippen molar-refractivity contribution in [1.82, 2.24) is 58.6 Å². The highest BCUT2D eigenvalue weighted by Crippen LogP contribution is 2.43. The second-order valence-electron chi connectivity index (χ2n) is 35.9. The lowest BCUT2D eigenvalue weighted by Gasteiger charge is -2.12. The van der Waals surface area contributed by atoms with Gasteiger partial charge in [-0.3, -0.25) is 0 Å². The summed E-state index contributed by atoms with van der Waals surface area (Å²) in [6.07, 6.45) is 0. The predicted octanol–water partition coefficient (Wildman–Crippen LogP) is 34.2. The van der Waals surface area contributed by atoms with Gasteiger partial charge in [-0.2, -0.15) is 5.26 Å². The summed E-state index contributed by atoms with van der Waals surface area (Å²) in [5, 5.41) is 16.9. The van der Waals surface area contributed by atoms with Gasteiger partial charge in [0.05, 0.1) is 51.3 Å². The van der Waals surface area contributed by atoms with Crippen LogP contribution in [0, 0.1) is 24.8 Å². The zero-order valence-corrected chi connectivity index (χ0v) is 79.2. The maximum atomic E-state index is 9.45. The lowest BCUT2D eigenvalue weighted by atomic mass is 10.00. The van der Waals surface area contributed by atoms with Crippen LogP contribution in [0.4, 0.5) is 5.69 Å². The Morgan fingerprint density at radius 3 is 0.770 bits per heavy atom. The fourth-order valence-electron chi connectivity index (χ4n) is 19.6. The molecule has 6 heterocycles. The second-order valence-corrected chi connectivity index (χ2v) is 35.9. The van der Waals surface area contributed by atoms with Gasteiger partial charge in [0.2, 0.25) is 0 Å². The first-order valence-electron chi connectivity index (χ1n) is 48.4. The van der Waals surface area contributed by atoms with Gasteiger partial charge in [0.25, 0.3) is 0 Å². The molecule has 6 aromatic heterocycles. The standard InChI is InChI=1S/C51H33N5.C42H27N5.C39H26N4.2CH4/c1-4-15-34(16-5-1)49-52-50(35-17-6-2-7-18-35)54-51(53-49)38-19-14-22-40(31-38)56-46-26-13-11-24-42(46)44-33-37(28-30-48(44)56)36-27-29-47-43(32-36)41-23-10-12-25-45(41)55(47)39-20-8-3-9-21-39;1-28-9-3-11-30(21-28)32-13-5-17-36(23-32)40-45-41(37-18-6-14-33(24-37)31-12-4-10-29(22-31)27-43)47-42(46-40)38-19-7-15-34(25-38)35-16-8-20-39(26-35)44-2;1-3-13-27(14-4-1)37-40-38(28-15-5-2-6-16-28)42-39(41-37)31-19-11-17-29(25-31)30-18-12-20-32(26-30)43-35-23-9-7-21-33(35)34-22-8-10-24-36(34)43;;/h1-33H;3-26H,1H3;1-26H;2*1H4. The van der Waals surface area contributed by atoms with Gasteiger partial charge in [0, 0.05) is 99.5 Å². The Labute approximate surface area is 858 Å². The van der Waals surface area contributed by atoms with Crippen LogP contribution >= 0.6 is 0 Å². The average Bonchev–Trinajstić information content (AvgIpc) is 1.59. The molecule has 14 heteroatoms. The van der Waals surface area contributed by atoms with Gasteiger partial charge in [-0.25, -0.2) is 49.7 Å². The molecule has 0 spiro atoms. The zero-order valence-electron chi connectivity index (χ0n) is 79.2. The molecule has 20 aromatic carbocycles. The molecule has 700 valence electrons. The minimum Gasteiger partial charge on any atom is -0.309 e. The summed E-state index contributed by atoms with van der Waals surface area (Å²) >= 11 is 0. The number of para-hydroxylation sites is 5. The molecule has 14 nitrogen and oxygen atoms in total. The van der Waals surface area contributed by atoms with Crippen LogP contribution in [0.25, 0.3) is 245 Å². The van der Waals surface area contributed by atoms with Crippen molar-refractivity contribution in [3.8, 4) is 181 Å². The van der Waals surface area contributed by atoms with Gasteiger partial charge in [-0.05, 0) is 190 Å². The number of nitrogens with zero attached hydrogens (tertiary/aromatic N) is 14. The summed E-state index contributed by atoms with van der Waals surface area (Å²) in [7, 11) is 0. The van der Waals surface area contributed by atoms with Crippen LogP contribution in [-0.2, 0) is 0 Å². The molecule has 0 amide bonds. The lowest BCUT2D eigenvalue weighted by molar-refractivity contribution is 1.07. The summed E-state index contributed by atoms with van der Waals surface area (Å²) in [5.74, 6) is 5.54. The van der Waals surface area contributed by atoms with Crippen LogP contribution in [0.1, 0.15) is 26.0 Å². The quantitative estimate of drug-likeness (QED) is 0.0803. The molecular weight excluding hydrogens is 1810 g/mol. The topological polar surface area (TPSA) is 159 Å². The molecule has 0 saturated carbocycles. The summed E-state index contributed by atoms with van der Waals surface area (Å²) in [6.45, 7) is 9.54. The van der Waals surface area contributed by atoms with E-state index in [1.165, 1.54) is 71.1 Å². The fraction of sp³-hybridized carbons (Fsp3) is 0.0224. The van der Waals surface area contributed by atoms with E-state index >= 15 is 0 Å². The van der Waals surface area contributed by atoms with Crippen LogP contribution < -0.4 is 0 Å². The van der Waals surface area contributed by atoms with Crippen molar-refractivity contribution >= 4 is 71.1 Å². The summed E-state index contributed by atoms with van der Waals surface area (Å²) in [4.78, 5) is 48.3. The van der Waals surface area contributed by atoms with Crippen LogP contribution in [0.2, 0.25) is 0 Å². The first-order valence-corrected chi connectivity index (χ1v) is 48.4. The van der Waals surface area contributed by atoms with Gasteiger partial charge in [-0.15, -0.1) is 0 Å². The van der Waals surface area contributed by atoms with Gasteiger partial charge < -0.3 is 13.7 Å². The molecule has 0 aliphatic heterocycles. The predicted molar refractivity (Wildman–Crippen MR) is 608 cm³/mol. The van der Waals surface area contributed by atoms with Crippen molar-refractivity contribution in [3.63, 3.8) is 0 Å². The summed E-state index contributed by atoms with van der Waals surface area (Å²) in [5.41, 5.74) is 31.7. The van der Waals surface area contributed by atoms with Crippen LogP contribution in [0.3, 0.4) is 0 Å². The Hall–Kier alpha value is -20.2. The minimum absolute atomic E-state index is 0. The molecule has 0 radical (unpaired) electrons. The van der Waals surface area contributed by atoms with Gasteiger partial charge in [-0.1, -0.05) is 397 Å². The number of benzene rings is 20. The third-order valence-electron chi connectivity index (χ3n) is 26.6. The first kappa shape index (κ1) is 92.8. The van der Waals surface area contributed by atoms with E-state index in [9.17, 15) is 5.26 Å². The Kier molecular flexibility index (Phi) is 25.8. The number of nitriles is 1. The van der Waals surface area contributed by atoms with Crippen molar-refractivity contribution < 1.29 is 0 Å². The molecule has 0 fully saturated rings. The van der Waals surface area contributed by atoms with E-state index in [1.807, 2.05) is 206 Å². The Morgan fingerprint density at radius 1 is 0.189 bits per heavy atom. The molecule has 0 aliphatic carbocycles. The third kappa shape index (κ3) is 18.7. The van der Waals surface area contributed by atoms with Crippen LogP contribution in [-0.4, -0.2) is 58.6 Å². The van der Waals surface area contributed by atoms with E-state index in [4.69, 9.17) is 51.4 Å². The number of hydrogen-bond donors (Lipinski definition) is 0. The van der Waals surface area contributed by atoms with E-state index < -0.39 is 0 Å². The minimum atomic E-state index is 0. The van der Waals surface area contributed by atoms with Crippen molar-refractivity contribution in [2.45, 2.75) is 21.8 Å². The Morgan fingerprint density at radius 2 is 0.419 bits per heavy atom. The normalized spacial score (nSPS) is 11.0. The molecule has 26 aromatic rings.